The summed E-state index contributed by atoms with van der Waals surface area (Å²) in [6.45, 7) is 3.67. The maximum absolute atomic E-state index is 13.2. The van der Waals surface area contributed by atoms with E-state index in [1.165, 1.54) is 17.4 Å². The number of amides is 1. The highest BCUT2D eigenvalue weighted by Gasteiger charge is 2.32. The minimum atomic E-state index is -3.79. The van der Waals surface area contributed by atoms with Crippen molar-refractivity contribution in [2.24, 2.45) is 5.92 Å². The van der Waals surface area contributed by atoms with Crippen molar-refractivity contribution < 1.29 is 31.5 Å². The van der Waals surface area contributed by atoms with Crippen molar-refractivity contribution in [3.8, 4) is 5.75 Å². The SMILES string of the molecule is C[C@@H]1CN([C@@H](C)CO)C(=O)Cc2cc(NS(=O)(=O)c3cccs3)ccc2O[C@H]1CN(C)S(C)(=O)=O. The van der Waals surface area contributed by atoms with Crippen LogP contribution in [0.5, 0.6) is 5.75 Å². The molecule has 2 aromatic rings. The number of anilines is 1. The normalized spacial score (nSPS) is 20.4. The lowest BCUT2D eigenvalue weighted by Gasteiger charge is -2.33. The Morgan fingerprint density at radius 2 is 2.00 bits per heavy atom. The molecule has 0 aliphatic carbocycles. The third-order valence-corrected chi connectivity index (χ3v) is 9.99. The monoisotopic (exact) mass is 545 g/mol. The number of carbonyl (C=O) groups is 1. The van der Waals surface area contributed by atoms with Gasteiger partial charge < -0.3 is 14.7 Å². The molecule has 0 fully saturated rings. The van der Waals surface area contributed by atoms with Crippen LogP contribution in [0.25, 0.3) is 0 Å². The molecule has 0 radical (unpaired) electrons. The molecule has 35 heavy (non-hydrogen) atoms. The van der Waals surface area contributed by atoms with Crippen molar-refractivity contribution in [3.63, 3.8) is 0 Å². The van der Waals surface area contributed by atoms with Gasteiger partial charge in [-0.15, -0.1) is 11.3 Å². The minimum Gasteiger partial charge on any atom is -0.488 e. The summed E-state index contributed by atoms with van der Waals surface area (Å²) >= 11 is 1.09. The van der Waals surface area contributed by atoms with Crippen LogP contribution in [-0.4, -0.2) is 82.2 Å². The Balaban J connectivity index is 2.00. The number of aliphatic hydroxyl groups excluding tert-OH is 1. The number of carbonyl (C=O) groups excluding carboxylic acids is 1. The number of hydrogen-bond donors (Lipinski definition) is 2. The summed E-state index contributed by atoms with van der Waals surface area (Å²) in [6.07, 6.45) is 0.438. The first-order valence-electron chi connectivity index (χ1n) is 11.0. The van der Waals surface area contributed by atoms with E-state index in [1.807, 2.05) is 6.92 Å². The first-order valence-corrected chi connectivity index (χ1v) is 15.2. The zero-order chi connectivity index (χ0) is 26.0. The second-order valence-electron chi connectivity index (χ2n) is 8.79. The molecule has 194 valence electrons. The molecule has 0 saturated heterocycles. The third-order valence-electron chi connectivity index (χ3n) is 5.93. The summed E-state index contributed by atoms with van der Waals surface area (Å²) in [6, 6.07) is 7.35. The van der Waals surface area contributed by atoms with Crippen LogP contribution in [0, 0.1) is 5.92 Å². The quantitative estimate of drug-likeness (QED) is 0.515. The third kappa shape index (κ3) is 6.73. The zero-order valence-corrected chi connectivity index (χ0v) is 22.5. The number of hydrogen-bond acceptors (Lipinski definition) is 8. The molecule has 1 aromatic carbocycles. The number of likely N-dealkylation sites (N-methyl/N-ethyl adjacent to an activating group) is 1. The second-order valence-corrected chi connectivity index (χ2v) is 13.7. The van der Waals surface area contributed by atoms with Crippen molar-refractivity contribution in [2.75, 3.05) is 37.7 Å². The lowest BCUT2D eigenvalue weighted by Crippen LogP contribution is -2.48. The van der Waals surface area contributed by atoms with Gasteiger partial charge in [0, 0.05) is 30.8 Å². The van der Waals surface area contributed by atoms with Crippen LogP contribution < -0.4 is 9.46 Å². The van der Waals surface area contributed by atoms with Crippen LogP contribution >= 0.6 is 11.3 Å². The maximum atomic E-state index is 13.2. The Hall–Kier alpha value is -2.19. The number of thiophene rings is 1. The lowest BCUT2D eigenvalue weighted by atomic mass is 10.0. The average Bonchev–Trinajstić information content (AvgIpc) is 3.33. The van der Waals surface area contributed by atoms with Gasteiger partial charge in [0.25, 0.3) is 10.0 Å². The van der Waals surface area contributed by atoms with Gasteiger partial charge in [-0.05, 0) is 36.6 Å². The first-order chi connectivity index (χ1) is 16.3. The standard InChI is InChI=1S/C22H31N3O7S3/c1-15-12-25(16(2)14-26)21(27)11-17-10-18(23-35(30,31)22-6-5-9-33-22)7-8-19(17)32-20(15)13-24(3)34(4,28)29/h5-10,15-16,20,23,26H,11-14H2,1-4H3/t15-,16+,20+/m1/s1. The van der Waals surface area contributed by atoms with Gasteiger partial charge in [0.05, 0.1) is 31.9 Å². The van der Waals surface area contributed by atoms with Crippen LogP contribution in [0.15, 0.2) is 39.9 Å². The molecule has 1 aliphatic rings. The van der Waals surface area contributed by atoms with Gasteiger partial charge in [0.1, 0.15) is 16.1 Å². The summed E-state index contributed by atoms with van der Waals surface area (Å²) in [5, 5.41) is 11.4. The van der Waals surface area contributed by atoms with E-state index in [0.717, 1.165) is 17.6 Å². The summed E-state index contributed by atoms with van der Waals surface area (Å²) < 4.78 is 59.5. The Bertz CT molecular complexity index is 1250. The van der Waals surface area contributed by atoms with E-state index in [-0.39, 0.29) is 47.8 Å². The van der Waals surface area contributed by atoms with Crippen LogP contribution in [-0.2, 0) is 31.3 Å². The fourth-order valence-electron chi connectivity index (χ4n) is 3.72. The predicted octanol–water partition coefficient (Wildman–Crippen LogP) is 1.59. The van der Waals surface area contributed by atoms with E-state index < -0.39 is 32.2 Å². The number of fused-ring (bicyclic) bond motifs is 1. The fourth-order valence-corrected chi connectivity index (χ4v) is 6.18. The Kier molecular flexibility index (Phi) is 8.48. The summed E-state index contributed by atoms with van der Waals surface area (Å²) in [5.41, 5.74) is 0.727. The van der Waals surface area contributed by atoms with Crippen LogP contribution in [0.2, 0.25) is 0 Å². The molecular weight excluding hydrogens is 514 g/mol. The molecule has 1 amide bonds. The van der Waals surface area contributed by atoms with E-state index in [9.17, 15) is 26.7 Å². The largest absolute Gasteiger partial charge is 0.488 e. The average molecular weight is 546 g/mol. The molecule has 0 unspecified atom stereocenters. The van der Waals surface area contributed by atoms with Gasteiger partial charge in [-0.3, -0.25) is 9.52 Å². The molecule has 1 aliphatic heterocycles. The van der Waals surface area contributed by atoms with Gasteiger partial charge >= 0.3 is 0 Å². The number of ether oxygens (including phenoxy) is 1. The van der Waals surface area contributed by atoms with E-state index in [0.29, 0.717) is 11.3 Å². The highest BCUT2D eigenvalue weighted by atomic mass is 32.2. The van der Waals surface area contributed by atoms with Gasteiger partial charge in [-0.25, -0.2) is 21.1 Å². The minimum absolute atomic E-state index is 0.0573. The van der Waals surface area contributed by atoms with Crippen molar-refractivity contribution in [1.29, 1.82) is 0 Å². The molecular formula is C22H31N3O7S3. The summed E-state index contributed by atoms with van der Waals surface area (Å²) in [4.78, 5) is 14.8. The van der Waals surface area contributed by atoms with Crippen molar-refractivity contribution >= 4 is 43.0 Å². The topological polar surface area (TPSA) is 133 Å². The van der Waals surface area contributed by atoms with Gasteiger partial charge in [0.2, 0.25) is 15.9 Å². The van der Waals surface area contributed by atoms with Crippen LogP contribution in [0.4, 0.5) is 5.69 Å². The van der Waals surface area contributed by atoms with E-state index >= 15 is 0 Å². The van der Waals surface area contributed by atoms with Crippen LogP contribution in [0.1, 0.15) is 19.4 Å². The Labute approximate surface area is 210 Å². The smallest absolute Gasteiger partial charge is 0.271 e. The molecule has 10 nitrogen and oxygen atoms in total. The number of sulfonamides is 2. The van der Waals surface area contributed by atoms with Crippen molar-refractivity contribution in [1.82, 2.24) is 9.21 Å². The lowest BCUT2D eigenvalue weighted by molar-refractivity contribution is -0.134. The highest BCUT2D eigenvalue weighted by molar-refractivity contribution is 7.94. The molecule has 13 heteroatoms. The fraction of sp³-hybridized carbons (Fsp3) is 0.500. The maximum Gasteiger partial charge on any atom is 0.271 e. The molecule has 3 atom stereocenters. The highest BCUT2D eigenvalue weighted by Crippen LogP contribution is 2.30. The number of rotatable bonds is 8. The molecule has 0 spiro atoms. The predicted molar refractivity (Wildman–Crippen MR) is 135 cm³/mol. The van der Waals surface area contributed by atoms with Gasteiger partial charge in [0.15, 0.2) is 0 Å². The molecule has 0 bridgehead atoms. The van der Waals surface area contributed by atoms with E-state index in [2.05, 4.69) is 4.72 Å². The van der Waals surface area contributed by atoms with E-state index in [4.69, 9.17) is 4.74 Å². The second kappa shape index (κ2) is 10.8. The number of nitrogens with zero attached hydrogens (tertiary/aromatic N) is 2. The van der Waals surface area contributed by atoms with Crippen LogP contribution in [0.3, 0.4) is 0 Å². The molecule has 1 aromatic heterocycles. The Morgan fingerprint density at radius 3 is 2.60 bits per heavy atom. The van der Waals surface area contributed by atoms with Gasteiger partial charge in [-0.1, -0.05) is 13.0 Å². The molecule has 3 rings (SSSR count). The number of benzene rings is 1. The number of aliphatic hydroxyl groups is 1. The summed E-state index contributed by atoms with van der Waals surface area (Å²) in [7, 11) is -5.80. The number of nitrogens with one attached hydrogen (secondary N) is 1. The van der Waals surface area contributed by atoms with E-state index in [1.54, 1.807) is 41.5 Å². The zero-order valence-electron chi connectivity index (χ0n) is 20.0. The first kappa shape index (κ1) is 27.4. The Morgan fingerprint density at radius 1 is 1.29 bits per heavy atom. The molecule has 2 N–H and O–H groups in total. The van der Waals surface area contributed by atoms with Gasteiger partial charge in [-0.2, -0.15) is 0 Å². The molecule has 2 heterocycles. The molecule has 0 saturated carbocycles. The van der Waals surface area contributed by atoms with Crippen molar-refractivity contribution in [2.45, 2.75) is 36.6 Å². The van der Waals surface area contributed by atoms with Crippen molar-refractivity contribution in [3.05, 3.63) is 41.3 Å². The summed E-state index contributed by atoms with van der Waals surface area (Å²) in [5.74, 6) is -0.145.